The Kier molecular flexibility index (Phi) is 4.62. The minimum absolute atomic E-state index is 0.0561. The van der Waals surface area contributed by atoms with Crippen LogP contribution >= 0.6 is 0 Å². The average molecular weight is 392 g/mol. The number of furan rings is 1. The van der Waals surface area contributed by atoms with Crippen LogP contribution in [0.15, 0.2) is 56.1 Å². The molecular formula is C23H20O6. The number of carbonyl (C=O) groups is 1. The van der Waals surface area contributed by atoms with Crippen molar-refractivity contribution in [2.24, 2.45) is 0 Å². The quantitative estimate of drug-likeness (QED) is 0.502. The number of ether oxygens (including phenoxy) is 1. The Morgan fingerprint density at radius 2 is 1.83 bits per heavy atom. The van der Waals surface area contributed by atoms with Crippen molar-refractivity contribution in [2.75, 3.05) is 7.11 Å². The fourth-order valence-corrected chi connectivity index (χ4v) is 3.78. The van der Waals surface area contributed by atoms with Gasteiger partial charge in [-0.3, -0.25) is 4.79 Å². The normalized spacial score (nSPS) is 12.4. The summed E-state index contributed by atoms with van der Waals surface area (Å²) in [4.78, 5) is 24.6. The monoisotopic (exact) mass is 392 g/mol. The molecule has 2 heterocycles. The van der Waals surface area contributed by atoms with Crippen molar-refractivity contribution < 1.29 is 23.5 Å². The molecule has 4 rings (SSSR count). The highest BCUT2D eigenvalue weighted by atomic mass is 16.5. The first-order valence-corrected chi connectivity index (χ1v) is 9.24. The Bertz CT molecular complexity index is 1290. The summed E-state index contributed by atoms with van der Waals surface area (Å²) in [5.74, 6) is 0.255. The van der Waals surface area contributed by atoms with E-state index in [0.29, 0.717) is 28.0 Å². The number of aromatic hydroxyl groups is 1. The standard InChI is InChI=1S/C23H20O6/c1-12(24)10-19-20(15-6-4-5-7-17(15)28-19)13(2)21-22(25)16-9-8-14(27-3)11-18(16)29-23(21)26/h4-9,11,13,25H,10H2,1-3H3. The lowest BCUT2D eigenvalue weighted by Crippen LogP contribution is -2.13. The van der Waals surface area contributed by atoms with E-state index < -0.39 is 11.5 Å². The van der Waals surface area contributed by atoms with E-state index in [2.05, 4.69) is 0 Å². The molecule has 0 aliphatic rings. The van der Waals surface area contributed by atoms with Crippen LogP contribution in [0.25, 0.3) is 21.9 Å². The molecule has 6 heteroatoms. The third kappa shape index (κ3) is 3.16. The molecule has 6 nitrogen and oxygen atoms in total. The summed E-state index contributed by atoms with van der Waals surface area (Å²) in [5.41, 5.74) is 1.05. The van der Waals surface area contributed by atoms with Crippen LogP contribution in [0.4, 0.5) is 0 Å². The number of hydrogen-bond donors (Lipinski definition) is 1. The van der Waals surface area contributed by atoms with Gasteiger partial charge in [0, 0.05) is 22.9 Å². The molecule has 1 N–H and O–H groups in total. The van der Waals surface area contributed by atoms with Gasteiger partial charge in [0.1, 0.15) is 34.2 Å². The van der Waals surface area contributed by atoms with E-state index in [1.165, 1.54) is 14.0 Å². The Labute approximate surface area is 166 Å². The van der Waals surface area contributed by atoms with Gasteiger partial charge in [-0.25, -0.2) is 4.79 Å². The van der Waals surface area contributed by atoms with Crippen LogP contribution in [0, 0.1) is 0 Å². The van der Waals surface area contributed by atoms with Crippen molar-refractivity contribution in [1.82, 2.24) is 0 Å². The van der Waals surface area contributed by atoms with Crippen molar-refractivity contribution in [3.05, 3.63) is 69.8 Å². The maximum Gasteiger partial charge on any atom is 0.343 e. The molecule has 0 bridgehead atoms. The van der Waals surface area contributed by atoms with Crippen LogP contribution < -0.4 is 10.4 Å². The van der Waals surface area contributed by atoms with E-state index in [4.69, 9.17) is 13.6 Å². The van der Waals surface area contributed by atoms with Gasteiger partial charge < -0.3 is 18.7 Å². The van der Waals surface area contributed by atoms with E-state index in [0.717, 1.165) is 5.39 Å². The molecular weight excluding hydrogens is 372 g/mol. The van der Waals surface area contributed by atoms with Crippen molar-refractivity contribution in [3.8, 4) is 11.5 Å². The van der Waals surface area contributed by atoms with E-state index in [1.807, 2.05) is 24.3 Å². The molecule has 0 saturated heterocycles. The predicted octanol–water partition coefficient (Wildman–Crippen LogP) is 4.54. The van der Waals surface area contributed by atoms with Gasteiger partial charge in [0.25, 0.3) is 0 Å². The molecule has 0 fully saturated rings. The van der Waals surface area contributed by atoms with Gasteiger partial charge in [0.2, 0.25) is 0 Å². The minimum Gasteiger partial charge on any atom is -0.507 e. The lowest BCUT2D eigenvalue weighted by molar-refractivity contribution is -0.116. The lowest BCUT2D eigenvalue weighted by Gasteiger charge is -2.14. The van der Waals surface area contributed by atoms with Gasteiger partial charge in [-0.2, -0.15) is 0 Å². The molecule has 0 aliphatic heterocycles. The molecule has 0 spiro atoms. The largest absolute Gasteiger partial charge is 0.507 e. The molecule has 0 radical (unpaired) electrons. The summed E-state index contributed by atoms with van der Waals surface area (Å²) in [7, 11) is 1.51. The summed E-state index contributed by atoms with van der Waals surface area (Å²) in [6.45, 7) is 3.28. The predicted molar refractivity (Wildman–Crippen MR) is 109 cm³/mol. The van der Waals surface area contributed by atoms with E-state index in [1.54, 1.807) is 25.1 Å². The number of para-hydroxylation sites is 1. The summed E-state index contributed by atoms with van der Waals surface area (Å²) in [5, 5.41) is 12.1. The number of fused-ring (bicyclic) bond motifs is 2. The zero-order chi connectivity index (χ0) is 20.7. The fourth-order valence-electron chi connectivity index (χ4n) is 3.78. The summed E-state index contributed by atoms with van der Waals surface area (Å²) < 4.78 is 16.5. The number of ketones is 1. The van der Waals surface area contributed by atoms with Gasteiger partial charge in [0.15, 0.2) is 0 Å². The maximum absolute atomic E-state index is 12.8. The molecule has 2 aromatic heterocycles. The number of rotatable bonds is 5. The van der Waals surface area contributed by atoms with Crippen LogP contribution in [0.1, 0.15) is 36.7 Å². The molecule has 2 aromatic carbocycles. The Balaban J connectivity index is 1.95. The average Bonchev–Trinajstić information content (AvgIpc) is 3.04. The first-order valence-electron chi connectivity index (χ1n) is 9.24. The molecule has 1 unspecified atom stereocenters. The summed E-state index contributed by atoms with van der Waals surface area (Å²) in [6, 6.07) is 12.3. The Morgan fingerprint density at radius 1 is 1.07 bits per heavy atom. The zero-order valence-corrected chi connectivity index (χ0v) is 16.3. The summed E-state index contributed by atoms with van der Waals surface area (Å²) in [6.07, 6.45) is 0.102. The van der Waals surface area contributed by atoms with Crippen molar-refractivity contribution in [3.63, 3.8) is 0 Å². The first kappa shape index (κ1) is 18.8. The topological polar surface area (TPSA) is 89.9 Å². The van der Waals surface area contributed by atoms with Crippen molar-refractivity contribution >= 4 is 27.7 Å². The first-order chi connectivity index (χ1) is 13.9. The van der Waals surface area contributed by atoms with Gasteiger partial charge in [-0.1, -0.05) is 25.1 Å². The SMILES string of the molecule is COc1ccc2c(O)c(C(C)c3c(CC(C)=O)oc4ccccc34)c(=O)oc2c1. The third-order valence-electron chi connectivity index (χ3n) is 5.11. The molecule has 0 amide bonds. The second kappa shape index (κ2) is 7.13. The van der Waals surface area contributed by atoms with Crippen LogP contribution in [0.2, 0.25) is 0 Å². The molecule has 1 atom stereocenters. The molecule has 0 aliphatic carbocycles. The zero-order valence-electron chi connectivity index (χ0n) is 16.3. The molecule has 0 saturated carbocycles. The van der Waals surface area contributed by atoms with E-state index in [9.17, 15) is 14.7 Å². The highest BCUT2D eigenvalue weighted by Crippen LogP contribution is 2.40. The lowest BCUT2D eigenvalue weighted by atomic mass is 9.89. The Hall–Kier alpha value is -3.54. The van der Waals surface area contributed by atoms with Crippen molar-refractivity contribution in [2.45, 2.75) is 26.2 Å². The third-order valence-corrected chi connectivity index (χ3v) is 5.11. The minimum atomic E-state index is -0.644. The second-order valence-corrected chi connectivity index (χ2v) is 7.05. The number of benzene rings is 2. The van der Waals surface area contributed by atoms with Gasteiger partial charge in [-0.15, -0.1) is 0 Å². The second-order valence-electron chi connectivity index (χ2n) is 7.05. The molecule has 29 heavy (non-hydrogen) atoms. The van der Waals surface area contributed by atoms with Crippen LogP contribution in [0.5, 0.6) is 11.5 Å². The number of methoxy groups -OCH3 is 1. The van der Waals surface area contributed by atoms with Gasteiger partial charge in [0.05, 0.1) is 24.5 Å². The number of Topliss-reactive ketones (excluding diaryl/α,β-unsaturated/α-hetero) is 1. The highest BCUT2D eigenvalue weighted by molar-refractivity contribution is 5.88. The molecule has 148 valence electrons. The smallest absolute Gasteiger partial charge is 0.343 e. The van der Waals surface area contributed by atoms with Crippen LogP contribution in [0.3, 0.4) is 0 Å². The highest BCUT2D eigenvalue weighted by Gasteiger charge is 2.27. The van der Waals surface area contributed by atoms with Gasteiger partial charge >= 0.3 is 5.63 Å². The van der Waals surface area contributed by atoms with E-state index >= 15 is 0 Å². The fraction of sp³-hybridized carbons (Fsp3) is 0.217. The molecule has 4 aromatic rings. The number of carbonyl (C=O) groups excluding carboxylic acids is 1. The van der Waals surface area contributed by atoms with Crippen LogP contribution in [-0.4, -0.2) is 18.0 Å². The Morgan fingerprint density at radius 3 is 2.55 bits per heavy atom. The van der Waals surface area contributed by atoms with E-state index in [-0.39, 0.29) is 29.1 Å². The van der Waals surface area contributed by atoms with Crippen molar-refractivity contribution in [1.29, 1.82) is 0 Å². The van der Waals surface area contributed by atoms with Gasteiger partial charge in [-0.05, 0) is 25.1 Å². The number of hydrogen-bond acceptors (Lipinski definition) is 6. The summed E-state index contributed by atoms with van der Waals surface area (Å²) >= 11 is 0. The maximum atomic E-state index is 12.8. The van der Waals surface area contributed by atoms with Crippen LogP contribution in [-0.2, 0) is 11.2 Å².